The standard InChI is InChI=1S/C7H12N2O/c8-6(3-5-10)7-2-1-4-9-7/h1-2,4,6,9-10H,3,5,8H2/t6-/m0/s1. The Balaban J connectivity index is 2.50. The number of aliphatic hydroxyl groups excluding tert-OH is 1. The van der Waals surface area contributed by atoms with E-state index in [1.54, 1.807) is 0 Å². The maximum atomic E-state index is 8.54. The van der Waals surface area contributed by atoms with Gasteiger partial charge in [-0.1, -0.05) is 0 Å². The lowest BCUT2D eigenvalue weighted by atomic mass is 10.2. The molecular weight excluding hydrogens is 128 g/mol. The summed E-state index contributed by atoms with van der Waals surface area (Å²) in [5, 5.41) is 8.54. The van der Waals surface area contributed by atoms with Crippen LogP contribution in [0, 0.1) is 0 Å². The summed E-state index contributed by atoms with van der Waals surface area (Å²) in [5.74, 6) is 0. The number of nitrogens with two attached hydrogens (primary N) is 1. The maximum Gasteiger partial charge on any atom is 0.0469 e. The fraction of sp³-hybridized carbons (Fsp3) is 0.429. The fourth-order valence-corrected chi connectivity index (χ4v) is 0.869. The van der Waals surface area contributed by atoms with E-state index in [9.17, 15) is 0 Å². The highest BCUT2D eigenvalue weighted by atomic mass is 16.3. The molecule has 0 unspecified atom stereocenters. The van der Waals surface area contributed by atoms with Crippen LogP contribution in [0.1, 0.15) is 18.2 Å². The Kier molecular flexibility index (Phi) is 2.48. The van der Waals surface area contributed by atoms with Crippen molar-refractivity contribution < 1.29 is 5.11 Å². The van der Waals surface area contributed by atoms with Crippen molar-refractivity contribution in [1.29, 1.82) is 0 Å². The van der Waals surface area contributed by atoms with E-state index in [1.807, 2.05) is 18.3 Å². The molecule has 0 spiro atoms. The van der Waals surface area contributed by atoms with Gasteiger partial charge < -0.3 is 15.8 Å². The van der Waals surface area contributed by atoms with Gasteiger partial charge in [0.1, 0.15) is 0 Å². The third-order valence-electron chi connectivity index (χ3n) is 1.46. The molecular formula is C7H12N2O. The van der Waals surface area contributed by atoms with Gasteiger partial charge in [0, 0.05) is 24.5 Å². The van der Waals surface area contributed by atoms with Crippen LogP contribution in [0.5, 0.6) is 0 Å². The smallest absolute Gasteiger partial charge is 0.0469 e. The Morgan fingerprint density at radius 1 is 1.70 bits per heavy atom. The Hall–Kier alpha value is -0.800. The zero-order valence-corrected chi connectivity index (χ0v) is 5.75. The van der Waals surface area contributed by atoms with Gasteiger partial charge >= 0.3 is 0 Å². The van der Waals surface area contributed by atoms with Crippen molar-refractivity contribution in [2.45, 2.75) is 12.5 Å². The molecule has 0 aromatic carbocycles. The van der Waals surface area contributed by atoms with Crippen LogP contribution in [0.4, 0.5) is 0 Å². The van der Waals surface area contributed by atoms with E-state index >= 15 is 0 Å². The largest absolute Gasteiger partial charge is 0.396 e. The molecule has 0 fully saturated rings. The number of aromatic nitrogens is 1. The first-order chi connectivity index (χ1) is 4.84. The normalized spacial score (nSPS) is 13.4. The highest BCUT2D eigenvalue weighted by Gasteiger charge is 2.03. The van der Waals surface area contributed by atoms with Crippen molar-refractivity contribution >= 4 is 0 Å². The molecule has 0 amide bonds. The van der Waals surface area contributed by atoms with Gasteiger partial charge in [-0.2, -0.15) is 0 Å². The van der Waals surface area contributed by atoms with Crippen molar-refractivity contribution in [3.05, 3.63) is 24.0 Å². The number of rotatable bonds is 3. The summed E-state index contributed by atoms with van der Waals surface area (Å²) in [7, 11) is 0. The summed E-state index contributed by atoms with van der Waals surface area (Å²) in [4.78, 5) is 2.99. The molecule has 0 saturated heterocycles. The van der Waals surface area contributed by atoms with Crippen molar-refractivity contribution in [1.82, 2.24) is 4.98 Å². The van der Waals surface area contributed by atoms with Gasteiger partial charge in [-0.15, -0.1) is 0 Å². The Morgan fingerprint density at radius 2 is 2.50 bits per heavy atom. The second-order valence-electron chi connectivity index (χ2n) is 2.24. The molecule has 0 aliphatic heterocycles. The predicted molar refractivity (Wildman–Crippen MR) is 39.4 cm³/mol. The summed E-state index contributed by atoms with van der Waals surface area (Å²) < 4.78 is 0. The Bertz CT molecular complexity index is 172. The topological polar surface area (TPSA) is 62.0 Å². The number of hydrogen-bond acceptors (Lipinski definition) is 2. The van der Waals surface area contributed by atoms with Gasteiger partial charge in [0.15, 0.2) is 0 Å². The van der Waals surface area contributed by atoms with E-state index in [-0.39, 0.29) is 12.6 Å². The second-order valence-corrected chi connectivity index (χ2v) is 2.24. The molecule has 1 atom stereocenters. The Morgan fingerprint density at radius 3 is 3.00 bits per heavy atom. The first-order valence-electron chi connectivity index (χ1n) is 3.34. The number of H-pyrrole nitrogens is 1. The molecule has 1 aromatic heterocycles. The third kappa shape index (κ3) is 1.59. The van der Waals surface area contributed by atoms with E-state index in [2.05, 4.69) is 4.98 Å². The molecule has 0 saturated carbocycles. The van der Waals surface area contributed by atoms with E-state index in [1.165, 1.54) is 0 Å². The molecule has 0 radical (unpaired) electrons. The number of hydrogen-bond donors (Lipinski definition) is 3. The average Bonchev–Trinajstić information content (AvgIpc) is 2.38. The summed E-state index contributed by atoms with van der Waals surface area (Å²) in [6.45, 7) is 0.139. The highest BCUT2D eigenvalue weighted by molar-refractivity contribution is 5.07. The van der Waals surface area contributed by atoms with Gasteiger partial charge in [-0.3, -0.25) is 0 Å². The van der Waals surface area contributed by atoms with Crippen LogP contribution in [-0.2, 0) is 0 Å². The van der Waals surface area contributed by atoms with Gasteiger partial charge in [-0.25, -0.2) is 0 Å². The van der Waals surface area contributed by atoms with Crippen LogP contribution in [-0.4, -0.2) is 16.7 Å². The molecule has 0 aliphatic carbocycles. The molecule has 0 bridgehead atoms. The molecule has 1 rings (SSSR count). The van der Waals surface area contributed by atoms with Crippen molar-refractivity contribution in [2.75, 3.05) is 6.61 Å². The quantitative estimate of drug-likeness (QED) is 0.569. The summed E-state index contributed by atoms with van der Waals surface area (Å²) in [6, 6.07) is 3.76. The minimum Gasteiger partial charge on any atom is -0.396 e. The summed E-state index contributed by atoms with van der Waals surface area (Å²) >= 11 is 0. The SMILES string of the molecule is N[C@@H](CCO)c1ccc[nH]1. The zero-order chi connectivity index (χ0) is 7.40. The van der Waals surface area contributed by atoms with Crippen molar-refractivity contribution in [3.63, 3.8) is 0 Å². The third-order valence-corrected chi connectivity index (χ3v) is 1.46. The zero-order valence-electron chi connectivity index (χ0n) is 5.75. The summed E-state index contributed by atoms with van der Waals surface area (Å²) in [6.07, 6.45) is 2.44. The van der Waals surface area contributed by atoms with E-state index < -0.39 is 0 Å². The molecule has 1 heterocycles. The second kappa shape index (κ2) is 3.39. The van der Waals surface area contributed by atoms with Crippen LogP contribution in [0.25, 0.3) is 0 Å². The highest BCUT2D eigenvalue weighted by Crippen LogP contribution is 2.09. The monoisotopic (exact) mass is 140 g/mol. The van der Waals surface area contributed by atoms with Crippen molar-refractivity contribution in [3.8, 4) is 0 Å². The molecule has 0 aliphatic rings. The van der Waals surface area contributed by atoms with E-state index in [4.69, 9.17) is 10.8 Å². The lowest BCUT2D eigenvalue weighted by Crippen LogP contribution is -2.11. The minimum absolute atomic E-state index is 0.0556. The number of aromatic amines is 1. The Labute approximate surface area is 59.9 Å². The van der Waals surface area contributed by atoms with Gasteiger partial charge in [0.2, 0.25) is 0 Å². The van der Waals surface area contributed by atoms with Gasteiger partial charge in [-0.05, 0) is 18.6 Å². The molecule has 3 nitrogen and oxygen atoms in total. The number of aliphatic hydroxyl groups is 1. The average molecular weight is 140 g/mol. The molecule has 3 heteroatoms. The minimum atomic E-state index is -0.0556. The van der Waals surface area contributed by atoms with Crippen molar-refractivity contribution in [2.24, 2.45) is 5.73 Å². The predicted octanol–water partition coefficient (Wildman–Crippen LogP) is 0.397. The van der Waals surface area contributed by atoms with Crippen LogP contribution in [0.15, 0.2) is 18.3 Å². The van der Waals surface area contributed by atoms with Gasteiger partial charge in [0.25, 0.3) is 0 Å². The molecule has 1 aromatic rings. The first kappa shape index (κ1) is 7.31. The summed E-state index contributed by atoms with van der Waals surface area (Å²) in [5.41, 5.74) is 6.64. The van der Waals surface area contributed by atoms with Crippen LogP contribution >= 0.6 is 0 Å². The maximum absolute atomic E-state index is 8.54. The van der Waals surface area contributed by atoms with Crippen LogP contribution in [0.2, 0.25) is 0 Å². The van der Waals surface area contributed by atoms with Crippen LogP contribution < -0.4 is 5.73 Å². The first-order valence-corrected chi connectivity index (χ1v) is 3.34. The fourth-order valence-electron chi connectivity index (χ4n) is 0.869. The lowest BCUT2D eigenvalue weighted by Gasteiger charge is -2.05. The van der Waals surface area contributed by atoms with E-state index in [0.717, 1.165) is 5.69 Å². The lowest BCUT2D eigenvalue weighted by molar-refractivity contribution is 0.276. The molecule has 56 valence electrons. The molecule has 4 N–H and O–H groups in total. The molecule has 10 heavy (non-hydrogen) atoms. The number of nitrogens with one attached hydrogen (secondary N) is 1. The van der Waals surface area contributed by atoms with E-state index in [0.29, 0.717) is 6.42 Å². The van der Waals surface area contributed by atoms with Crippen LogP contribution in [0.3, 0.4) is 0 Å². The van der Waals surface area contributed by atoms with Gasteiger partial charge in [0.05, 0.1) is 0 Å².